The summed E-state index contributed by atoms with van der Waals surface area (Å²) in [5.74, 6) is -2.15. The second-order valence-corrected chi connectivity index (χ2v) is 9.82. The number of nitrogens with two attached hydrogens (primary N) is 1. The predicted octanol–water partition coefficient (Wildman–Crippen LogP) is -2.57. The zero-order chi connectivity index (χ0) is 26.8. The number of thioether (sulfide) groups is 1. The van der Waals surface area contributed by atoms with Crippen LogP contribution in [0.2, 0.25) is 0 Å². The molecule has 38 heavy (non-hydrogen) atoms. The molecule has 18 heteroatoms. The van der Waals surface area contributed by atoms with Crippen LogP contribution in [0.4, 0.5) is 5.13 Å². The number of H-pyrrole nitrogens is 1. The van der Waals surface area contributed by atoms with E-state index in [0.29, 0.717) is 17.0 Å². The minimum absolute atomic E-state index is 0.0450. The first-order valence-electron chi connectivity index (χ1n) is 11.1. The number of tetrazole rings is 1. The molecule has 0 radical (unpaired) electrons. The van der Waals surface area contributed by atoms with Crippen molar-refractivity contribution in [2.24, 2.45) is 5.16 Å². The summed E-state index contributed by atoms with van der Waals surface area (Å²) in [5.41, 5.74) is 6.31. The first-order chi connectivity index (χ1) is 18.4. The molecule has 2 aliphatic rings. The lowest BCUT2D eigenvalue weighted by molar-refractivity contribution is -0.688. The number of hydrogen-bond donors (Lipinski definition) is 3. The summed E-state index contributed by atoms with van der Waals surface area (Å²) in [6, 6.07) is 2.56. The van der Waals surface area contributed by atoms with E-state index < -0.39 is 29.2 Å². The summed E-state index contributed by atoms with van der Waals surface area (Å²) in [6.07, 6.45) is 3.50. The number of amides is 2. The van der Waals surface area contributed by atoms with Crippen molar-refractivity contribution in [2.75, 3.05) is 18.1 Å². The molecule has 1 fully saturated rings. The van der Waals surface area contributed by atoms with Crippen LogP contribution in [-0.2, 0) is 25.8 Å². The highest BCUT2D eigenvalue weighted by Crippen LogP contribution is 2.40. The second kappa shape index (κ2) is 10.5. The van der Waals surface area contributed by atoms with E-state index in [1.54, 1.807) is 36.0 Å². The quantitative estimate of drug-likeness (QED) is 0.107. The average molecular weight is 558 g/mol. The van der Waals surface area contributed by atoms with Crippen LogP contribution in [0.5, 0.6) is 0 Å². The summed E-state index contributed by atoms with van der Waals surface area (Å²) in [6.45, 7) is 2.05. The van der Waals surface area contributed by atoms with Crippen LogP contribution in [0.1, 0.15) is 12.7 Å². The van der Waals surface area contributed by atoms with Gasteiger partial charge >= 0.3 is 0 Å². The van der Waals surface area contributed by atoms with E-state index in [4.69, 9.17) is 10.6 Å². The molecule has 0 aromatic carbocycles. The molecule has 3 aromatic heterocycles. The topological polar surface area (TPSA) is 221 Å². The van der Waals surface area contributed by atoms with Crippen LogP contribution in [0, 0.1) is 0 Å². The number of rotatable bonds is 9. The molecule has 2 aliphatic heterocycles. The van der Waals surface area contributed by atoms with Gasteiger partial charge in [0.15, 0.2) is 29.9 Å². The van der Waals surface area contributed by atoms with E-state index in [1.807, 2.05) is 0 Å². The van der Waals surface area contributed by atoms with Gasteiger partial charge < -0.3 is 25.8 Å². The van der Waals surface area contributed by atoms with Crippen molar-refractivity contribution in [3.8, 4) is 11.4 Å². The van der Waals surface area contributed by atoms with Crippen LogP contribution < -0.4 is 20.7 Å². The monoisotopic (exact) mass is 557 g/mol. The van der Waals surface area contributed by atoms with Gasteiger partial charge in [-0.15, -0.1) is 16.9 Å². The maximum Gasteiger partial charge on any atom is 0.278 e. The Hall–Kier alpha value is -4.45. The normalized spacial score (nSPS) is 19.1. The highest BCUT2D eigenvalue weighted by atomic mass is 32.2. The van der Waals surface area contributed by atoms with Gasteiger partial charge in [-0.3, -0.25) is 14.5 Å². The molecule has 5 heterocycles. The number of nitrogens with zero attached hydrogens (tertiary/aromatic N) is 8. The molecule has 1 saturated heterocycles. The fourth-order valence-corrected chi connectivity index (χ4v) is 5.68. The minimum Gasteiger partial charge on any atom is -0.543 e. The molecule has 16 nitrogen and oxygen atoms in total. The molecule has 5 rings (SSSR count). The number of aromatic amines is 1. The fourth-order valence-electron chi connectivity index (χ4n) is 3.91. The number of anilines is 1. The average Bonchev–Trinajstić information content (AvgIpc) is 3.60. The lowest BCUT2D eigenvalue weighted by atomic mass is 10.0. The summed E-state index contributed by atoms with van der Waals surface area (Å²) in [4.78, 5) is 48.2. The van der Waals surface area contributed by atoms with E-state index in [9.17, 15) is 19.5 Å². The first-order valence-corrected chi connectivity index (χ1v) is 12.9. The number of aromatic nitrogens is 7. The van der Waals surface area contributed by atoms with Gasteiger partial charge in [0.25, 0.3) is 11.8 Å². The Morgan fingerprint density at radius 2 is 2.29 bits per heavy atom. The zero-order valence-electron chi connectivity index (χ0n) is 19.6. The second-order valence-electron chi connectivity index (χ2n) is 7.93. The van der Waals surface area contributed by atoms with Crippen molar-refractivity contribution < 1.29 is 28.9 Å². The van der Waals surface area contributed by atoms with Gasteiger partial charge in [-0.25, -0.2) is 9.67 Å². The smallest absolute Gasteiger partial charge is 0.278 e. The number of carbonyl (C=O) groups is 3. The Balaban J connectivity index is 1.35. The van der Waals surface area contributed by atoms with Gasteiger partial charge in [0.2, 0.25) is 11.5 Å². The third kappa shape index (κ3) is 4.77. The molecule has 196 valence electrons. The molecule has 0 saturated carbocycles. The number of nitrogen functional groups attached to an aromatic ring is 1. The van der Waals surface area contributed by atoms with Gasteiger partial charge in [0.05, 0.1) is 17.2 Å². The zero-order valence-corrected chi connectivity index (χ0v) is 21.2. The highest BCUT2D eigenvalue weighted by Gasteiger charge is 2.53. The number of β-lactam (4-membered cyclic amide) rings is 1. The largest absolute Gasteiger partial charge is 0.543 e. The number of carbonyl (C=O) groups excluding carboxylic acids is 3. The van der Waals surface area contributed by atoms with E-state index in [-0.39, 0.29) is 41.3 Å². The number of oxime groups is 1. The molecule has 4 N–H and O–H groups in total. The van der Waals surface area contributed by atoms with Crippen molar-refractivity contribution in [3.05, 3.63) is 41.6 Å². The van der Waals surface area contributed by atoms with Gasteiger partial charge in [0.1, 0.15) is 18.0 Å². The Morgan fingerprint density at radius 3 is 2.97 bits per heavy atom. The van der Waals surface area contributed by atoms with Crippen molar-refractivity contribution in [2.45, 2.75) is 24.9 Å². The van der Waals surface area contributed by atoms with Gasteiger partial charge in [-0.1, -0.05) is 5.16 Å². The number of fused-ring (bicyclic) bond motifs is 1. The van der Waals surface area contributed by atoms with Crippen LogP contribution >= 0.6 is 23.3 Å². The number of carboxylic acids is 1. The van der Waals surface area contributed by atoms with Crippen LogP contribution in [0.15, 0.2) is 41.0 Å². The van der Waals surface area contributed by atoms with Crippen molar-refractivity contribution in [1.29, 1.82) is 0 Å². The summed E-state index contributed by atoms with van der Waals surface area (Å²) >= 11 is 2.19. The molecule has 0 bridgehead atoms. The molecule has 2 atom stereocenters. The fraction of sp³-hybridized carbons (Fsp3) is 0.300. The standard InChI is InChI=1S/C20H19N11O5S2/c1-2-36-26-11(15-23-20(21)38-27-15)16(32)22-12-17(33)31-13(19(34)35)10(8-37-18(12)31)7-30-5-3-4-9(6-30)14-24-28-29-25-14/h3-6,12,18H,2,7-8H2,1H3,(H4-,21,22,23,24,25,27,28,29,32,34,35)/t12?,18-/m0/s1. The lowest BCUT2D eigenvalue weighted by Gasteiger charge is -2.50. The Labute approximate surface area is 222 Å². The van der Waals surface area contributed by atoms with E-state index in [1.165, 1.54) is 11.8 Å². The summed E-state index contributed by atoms with van der Waals surface area (Å²) < 4.78 is 5.73. The van der Waals surface area contributed by atoms with Crippen molar-refractivity contribution >= 4 is 51.9 Å². The van der Waals surface area contributed by atoms with Crippen LogP contribution in [0.25, 0.3) is 11.4 Å². The number of carboxylic acid groups (broad SMARTS) is 1. The molecular weight excluding hydrogens is 538 g/mol. The van der Waals surface area contributed by atoms with Gasteiger partial charge in [-0.05, 0) is 23.4 Å². The Morgan fingerprint density at radius 1 is 1.45 bits per heavy atom. The number of nitrogens with one attached hydrogen (secondary N) is 2. The first kappa shape index (κ1) is 25.2. The molecule has 0 aliphatic carbocycles. The van der Waals surface area contributed by atoms with Crippen LogP contribution in [0.3, 0.4) is 0 Å². The maximum absolute atomic E-state index is 13.1. The summed E-state index contributed by atoms with van der Waals surface area (Å²) in [7, 11) is 0. The minimum atomic E-state index is -1.49. The van der Waals surface area contributed by atoms with E-state index >= 15 is 0 Å². The molecule has 0 spiro atoms. The maximum atomic E-state index is 13.1. The predicted molar refractivity (Wildman–Crippen MR) is 129 cm³/mol. The SMILES string of the molecule is CCON=C(C(=O)NC1C(=O)N2C(C(=O)[O-])=C(C[n+]3cccc(-c4nnn[nH]4)c3)CS[C@@H]12)c1nsc(N)n1. The number of pyridine rings is 1. The van der Waals surface area contributed by atoms with E-state index in [0.717, 1.165) is 16.4 Å². The van der Waals surface area contributed by atoms with Gasteiger partial charge in [0, 0.05) is 28.9 Å². The molecule has 2 amide bonds. The highest BCUT2D eigenvalue weighted by molar-refractivity contribution is 8.00. The number of hydrogen-bond acceptors (Lipinski definition) is 14. The molecule has 3 aromatic rings. The molecular formula is C20H19N11O5S2. The van der Waals surface area contributed by atoms with Crippen molar-refractivity contribution in [1.82, 2.24) is 40.2 Å². The van der Waals surface area contributed by atoms with E-state index in [2.05, 4.69) is 40.5 Å². The Bertz CT molecular complexity index is 1450. The summed E-state index contributed by atoms with van der Waals surface area (Å²) in [5, 5.41) is 31.6. The lowest BCUT2D eigenvalue weighted by Crippen LogP contribution is -2.71. The van der Waals surface area contributed by atoms with Gasteiger partial charge in [-0.2, -0.15) is 9.36 Å². The molecule has 1 unspecified atom stereocenters. The third-order valence-electron chi connectivity index (χ3n) is 5.53. The van der Waals surface area contributed by atoms with Crippen molar-refractivity contribution in [3.63, 3.8) is 0 Å². The number of aliphatic carboxylic acids is 1. The van der Waals surface area contributed by atoms with Crippen LogP contribution in [-0.4, -0.2) is 82.2 Å². The Kier molecular flexibility index (Phi) is 6.97. The third-order valence-corrected chi connectivity index (χ3v) is 7.41.